The van der Waals surface area contributed by atoms with Crippen LogP contribution in [0, 0.1) is 5.82 Å². The topological polar surface area (TPSA) is 80.9 Å². The Morgan fingerprint density at radius 1 is 1.00 bits per heavy atom. The molecule has 0 atom stereocenters. The minimum absolute atomic E-state index is 0.324. The average Bonchev–Trinajstić information content (AvgIpc) is 2.07. The molecule has 1 aromatic rings. The molecule has 0 fully saturated rings. The number of halogens is 2. The highest BCUT2D eigenvalue weighted by atomic mass is 79.9. The van der Waals surface area contributed by atoms with E-state index in [1.807, 2.05) is 0 Å². The zero-order valence-corrected chi connectivity index (χ0v) is 8.44. The molecule has 0 aliphatic rings. The van der Waals surface area contributed by atoms with E-state index in [4.69, 9.17) is 20.1 Å². The van der Waals surface area contributed by atoms with Crippen LogP contribution in [0.2, 0.25) is 0 Å². The summed E-state index contributed by atoms with van der Waals surface area (Å²) in [6, 6.07) is 2.29. The van der Waals surface area contributed by atoms with Crippen LogP contribution in [0.3, 0.4) is 0 Å². The lowest BCUT2D eigenvalue weighted by Gasteiger charge is -2.07. The summed E-state index contributed by atoms with van der Waals surface area (Å²) in [5.41, 5.74) is -0.829. The fraction of sp³-hybridized carbons (Fsp3) is 0. The van der Waals surface area contributed by atoms with E-state index >= 15 is 0 Å². The van der Waals surface area contributed by atoms with Gasteiger partial charge >= 0.3 is 14.2 Å². The molecule has 1 aromatic carbocycles. The van der Waals surface area contributed by atoms with Gasteiger partial charge in [0.2, 0.25) is 0 Å². The van der Waals surface area contributed by atoms with Gasteiger partial charge in [0, 0.05) is 15.4 Å². The van der Waals surface area contributed by atoms with Crippen LogP contribution in [0.5, 0.6) is 0 Å². The van der Waals surface area contributed by atoms with E-state index in [9.17, 15) is 4.39 Å². The van der Waals surface area contributed by atoms with Crippen LogP contribution in [0.4, 0.5) is 4.39 Å². The van der Waals surface area contributed by atoms with Gasteiger partial charge in [-0.05, 0) is 12.1 Å². The van der Waals surface area contributed by atoms with Crippen molar-refractivity contribution in [2.45, 2.75) is 0 Å². The SMILES string of the molecule is OB(O)c1cc(Br)cc(B(O)O)c1F. The van der Waals surface area contributed by atoms with Crippen LogP contribution >= 0.6 is 15.9 Å². The first-order chi connectivity index (χ1) is 6.43. The lowest BCUT2D eigenvalue weighted by atomic mass is 9.72. The molecule has 0 saturated heterocycles. The molecule has 0 saturated carbocycles. The first kappa shape index (κ1) is 11.7. The zero-order valence-electron chi connectivity index (χ0n) is 6.85. The third-order valence-electron chi connectivity index (χ3n) is 1.65. The second-order valence-corrected chi connectivity index (χ2v) is 3.56. The van der Waals surface area contributed by atoms with Crippen molar-refractivity contribution in [3.05, 3.63) is 22.4 Å². The lowest BCUT2D eigenvalue weighted by Crippen LogP contribution is -2.42. The van der Waals surface area contributed by atoms with Crippen LogP contribution in [0.1, 0.15) is 0 Å². The highest BCUT2D eigenvalue weighted by molar-refractivity contribution is 9.10. The van der Waals surface area contributed by atoms with Crippen molar-refractivity contribution in [1.29, 1.82) is 0 Å². The minimum atomic E-state index is -2.00. The largest absolute Gasteiger partial charge is 0.491 e. The Bertz CT molecular complexity index is 318. The average molecular weight is 263 g/mol. The molecule has 0 spiro atoms. The molecule has 1 rings (SSSR count). The Morgan fingerprint density at radius 3 is 1.64 bits per heavy atom. The summed E-state index contributed by atoms with van der Waals surface area (Å²) in [5, 5.41) is 35.1. The maximum absolute atomic E-state index is 13.3. The Labute approximate surface area is 88.4 Å². The molecule has 4 N–H and O–H groups in total. The van der Waals surface area contributed by atoms with Crippen LogP contribution in [0.25, 0.3) is 0 Å². The first-order valence-corrected chi connectivity index (χ1v) is 4.44. The second-order valence-electron chi connectivity index (χ2n) is 2.65. The summed E-state index contributed by atoms with van der Waals surface area (Å²) in [4.78, 5) is 0. The third kappa shape index (κ3) is 2.34. The van der Waals surface area contributed by atoms with Crippen molar-refractivity contribution in [3.63, 3.8) is 0 Å². The van der Waals surface area contributed by atoms with E-state index in [0.29, 0.717) is 4.47 Å². The number of hydrogen-bond acceptors (Lipinski definition) is 4. The normalized spacial score (nSPS) is 10.1. The van der Waals surface area contributed by atoms with Crippen LogP contribution in [-0.4, -0.2) is 34.3 Å². The van der Waals surface area contributed by atoms with Crippen molar-refractivity contribution in [3.8, 4) is 0 Å². The van der Waals surface area contributed by atoms with Gasteiger partial charge in [-0.15, -0.1) is 0 Å². The quantitative estimate of drug-likeness (QED) is 0.463. The summed E-state index contributed by atoms with van der Waals surface area (Å²) in [6.07, 6.45) is 0. The van der Waals surface area contributed by atoms with Crippen LogP contribution in [-0.2, 0) is 0 Å². The summed E-state index contributed by atoms with van der Waals surface area (Å²) >= 11 is 2.97. The minimum Gasteiger partial charge on any atom is -0.423 e. The molecule has 0 unspecified atom stereocenters. The van der Waals surface area contributed by atoms with E-state index in [1.165, 1.54) is 0 Å². The fourth-order valence-corrected chi connectivity index (χ4v) is 1.50. The van der Waals surface area contributed by atoms with E-state index < -0.39 is 31.0 Å². The molecule has 8 heteroatoms. The van der Waals surface area contributed by atoms with E-state index in [0.717, 1.165) is 12.1 Å². The van der Waals surface area contributed by atoms with Gasteiger partial charge in [-0.1, -0.05) is 15.9 Å². The Kier molecular flexibility index (Phi) is 3.68. The third-order valence-corrected chi connectivity index (χ3v) is 2.11. The molecule has 0 amide bonds. The van der Waals surface area contributed by atoms with Gasteiger partial charge in [-0.25, -0.2) is 4.39 Å². The van der Waals surface area contributed by atoms with Crippen molar-refractivity contribution >= 4 is 41.1 Å². The standard InChI is InChI=1S/C6H6B2BrFO4/c9-3-1-4(7(11)12)6(10)5(2-3)8(13)14/h1-2,11-14H. The predicted molar refractivity (Wildman–Crippen MR) is 53.8 cm³/mol. The molecule has 0 bridgehead atoms. The molecule has 74 valence electrons. The Balaban J connectivity index is 3.32. The van der Waals surface area contributed by atoms with Gasteiger partial charge in [0.1, 0.15) is 5.82 Å². The van der Waals surface area contributed by atoms with Gasteiger partial charge in [0.05, 0.1) is 0 Å². The van der Waals surface area contributed by atoms with E-state index in [1.54, 1.807) is 0 Å². The molecular weight excluding hydrogens is 257 g/mol. The van der Waals surface area contributed by atoms with Gasteiger partial charge in [-0.2, -0.15) is 0 Å². The summed E-state index contributed by atoms with van der Waals surface area (Å²) in [5.74, 6) is -1.04. The lowest BCUT2D eigenvalue weighted by molar-refractivity contribution is 0.420. The fourth-order valence-electron chi connectivity index (χ4n) is 1.01. The highest BCUT2D eigenvalue weighted by Gasteiger charge is 2.25. The number of hydrogen-bond donors (Lipinski definition) is 4. The van der Waals surface area contributed by atoms with Crippen LogP contribution < -0.4 is 10.9 Å². The maximum atomic E-state index is 13.3. The van der Waals surface area contributed by atoms with Gasteiger partial charge < -0.3 is 20.1 Å². The number of benzene rings is 1. The molecule has 4 nitrogen and oxygen atoms in total. The molecule has 0 aliphatic carbocycles. The van der Waals surface area contributed by atoms with Gasteiger partial charge in [0.25, 0.3) is 0 Å². The summed E-state index contributed by atoms with van der Waals surface area (Å²) in [6.45, 7) is 0. The molecule has 0 aliphatic heterocycles. The van der Waals surface area contributed by atoms with Crippen molar-refractivity contribution < 1.29 is 24.5 Å². The number of rotatable bonds is 2. The molecular formula is C6H6B2BrFO4. The summed E-state index contributed by atoms with van der Waals surface area (Å²) in [7, 11) is -3.99. The molecule has 0 radical (unpaired) electrons. The molecule has 14 heavy (non-hydrogen) atoms. The van der Waals surface area contributed by atoms with Crippen LogP contribution in [0.15, 0.2) is 16.6 Å². The van der Waals surface area contributed by atoms with E-state index in [-0.39, 0.29) is 0 Å². The first-order valence-electron chi connectivity index (χ1n) is 3.64. The monoisotopic (exact) mass is 262 g/mol. The van der Waals surface area contributed by atoms with Gasteiger partial charge in [0.15, 0.2) is 0 Å². The predicted octanol–water partition coefficient (Wildman–Crippen LogP) is -2.05. The van der Waals surface area contributed by atoms with E-state index in [2.05, 4.69) is 15.9 Å². The van der Waals surface area contributed by atoms with Crippen molar-refractivity contribution in [2.75, 3.05) is 0 Å². The highest BCUT2D eigenvalue weighted by Crippen LogP contribution is 2.07. The smallest absolute Gasteiger partial charge is 0.423 e. The maximum Gasteiger partial charge on any atom is 0.491 e. The Hall–Kier alpha value is -0.400. The molecule has 0 aromatic heterocycles. The Morgan fingerprint density at radius 2 is 1.36 bits per heavy atom. The zero-order chi connectivity index (χ0) is 10.9. The van der Waals surface area contributed by atoms with Crippen molar-refractivity contribution in [1.82, 2.24) is 0 Å². The summed E-state index contributed by atoms with van der Waals surface area (Å²) < 4.78 is 13.6. The second kappa shape index (κ2) is 4.41. The van der Waals surface area contributed by atoms with Gasteiger partial charge in [-0.3, -0.25) is 0 Å². The molecule has 0 heterocycles. The van der Waals surface area contributed by atoms with Crippen molar-refractivity contribution in [2.24, 2.45) is 0 Å².